The summed E-state index contributed by atoms with van der Waals surface area (Å²) >= 11 is 0. The molecular formula is C18H13F3N2O2. The van der Waals surface area contributed by atoms with Crippen LogP contribution in [0, 0.1) is 0 Å². The summed E-state index contributed by atoms with van der Waals surface area (Å²) in [5, 5.41) is 0. The number of pyridine rings is 1. The Morgan fingerprint density at radius 3 is 2.28 bits per heavy atom. The highest BCUT2D eigenvalue weighted by molar-refractivity contribution is 5.63. The van der Waals surface area contributed by atoms with Gasteiger partial charge in [-0.1, -0.05) is 24.3 Å². The number of halogens is 3. The van der Waals surface area contributed by atoms with Crippen LogP contribution in [-0.4, -0.2) is 16.1 Å². The zero-order chi connectivity index (χ0) is 17.7. The van der Waals surface area contributed by atoms with Crippen LogP contribution in [-0.2, 0) is 5.41 Å². The van der Waals surface area contributed by atoms with Gasteiger partial charge >= 0.3 is 6.18 Å². The molecule has 0 atom stereocenters. The van der Waals surface area contributed by atoms with Crippen molar-refractivity contribution in [3.05, 3.63) is 64.8 Å². The zero-order valence-electron chi connectivity index (χ0n) is 12.9. The molecule has 1 saturated carbocycles. The number of hydrogen-bond acceptors (Lipinski definition) is 3. The third-order valence-corrected chi connectivity index (χ3v) is 4.56. The minimum Gasteiger partial charge on any atom is -0.444 e. The van der Waals surface area contributed by atoms with Gasteiger partial charge in [-0.05, 0) is 24.5 Å². The average molecular weight is 346 g/mol. The van der Waals surface area contributed by atoms with Gasteiger partial charge in [0.2, 0.25) is 11.4 Å². The Balaban J connectivity index is 1.61. The van der Waals surface area contributed by atoms with Crippen molar-refractivity contribution in [3.8, 4) is 22.7 Å². The maximum atomic E-state index is 13.2. The minimum atomic E-state index is -4.22. The van der Waals surface area contributed by atoms with Crippen LogP contribution < -0.4 is 5.56 Å². The van der Waals surface area contributed by atoms with E-state index in [1.165, 1.54) is 30.7 Å². The fourth-order valence-electron chi connectivity index (χ4n) is 2.90. The van der Waals surface area contributed by atoms with Gasteiger partial charge in [0.25, 0.3) is 0 Å². The van der Waals surface area contributed by atoms with Crippen LogP contribution in [0.3, 0.4) is 0 Å². The number of rotatable bonds is 3. The van der Waals surface area contributed by atoms with Crippen LogP contribution >= 0.6 is 0 Å². The van der Waals surface area contributed by atoms with Gasteiger partial charge in [-0.25, -0.2) is 4.98 Å². The average Bonchev–Trinajstić information content (AvgIpc) is 3.28. The molecule has 1 fully saturated rings. The Labute approximate surface area is 140 Å². The molecule has 0 amide bonds. The summed E-state index contributed by atoms with van der Waals surface area (Å²) in [6, 6.07) is 9.19. The van der Waals surface area contributed by atoms with Crippen molar-refractivity contribution >= 4 is 0 Å². The van der Waals surface area contributed by atoms with Crippen LogP contribution in [0.15, 0.2) is 58.1 Å². The smallest absolute Gasteiger partial charge is 0.398 e. The molecule has 4 rings (SSSR count). The molecule has 7 heteroatoms. The SMILES string of the molecule is O=c1ccc(-c2nc(-c3ccc(C4(C(F)(F)F)CC4)cc3)co2)c[nH]1. The van der Waals surface area contributed by atoms with Crippen molar-refractivity contribution < 1.29 is 17.6 Å². The first-order valence-corrected chi connectivity index (χ1v) is 7.71. The molecule has 0 radical (unpaired) electrons. The molecule has 2 heterocycles. The molecule has 25 heavy (non-hydrogen) atoms. The number of alkyl halides is 3. The molecule has 4 nitrogen and oxygen atoms in total. The van der Waals surface area contributed by atoms with Gasteiger partial charge in [0, 0.05) is 17.8 Å². The molecule has 3 aromatic rings. The first kappa shape index (κ1) is 15.7. The summed E-state index contributed by atoms with van der Waals surface area (Å²) in [6.45, 7) is 0. The van der Waals surface area contributed by atoms with Gasteiger partial charge in [0.1, 0.15) is 12.0 Å². The summed E-state index contributed by atoms with van der Waals surface area (Å²) in [6.07, 6.45) is -1.03. The van der Waals surface area contributed by atoms with Crippen molar-refractivity contribution in [2.45, 2.75) is 24.4 Å². The fourth-order valence-corrected chi connectivity index (χ4v) is 2.90. The predicted octanol–water partition coefficient (Wildman–Crippen LogP) is 4.29. The predicted molar refractivity (Wildman–Crippen MR) is 85.0 cm³/mol. The highest BCUT2D eigenvalue weighted by Crippen LogP contribution is 2.58. The molecule has 1 N–H and O–H groups in total. The summed E-state index contributed by atoms with van der Waals surface area (Å²) in [4.78, 5) is 17.9. The molecule has 0 aliphatic heterocycles. The van der Waals surface area contributed by atoms with E-state index in [1.807, 2.05) is 0 Å². The van der Waals surface area contributed by atoms with E-state index < -0.39 is 11.6 Å². The molecule has 0 spiro atoms. The van der Waals surface area contributed by atoms with Gasteiger partial charge in [0.15, 0.2) is 0 Å². The molecular weight excluding hydrogens is 333 g/mol. The number of nitrogens with one attached hydrogen (secondary N) is 1. The highest BCUT2D eigenvalue weighted by Gasteiger charge is 2.64. The second-order valence-electron chi connectivity index (χ2n) is 6.14. The van der Waals surface area contributed by atoms with Gasteiger partial charge in [0.05, 0.1) is 11.0 Å². The quantitative estimate of drug-likeness (QED) is 0.770. The standard InChI is InChI=1S/C18H13F3N2O2/c19-18(20,21)17(7-8-17)13-4-1-11(2-5-13)14-10-25-16(23-14)12-3-6-15(24)22-9-12/h1-6,9-10H,7-8H2,(H,22,24). The summed E-state index contributed by atoms with van der Waals surface area (Å²) in [7, 11) is 0. The zero-order valence-corrected chi connectivity index (χ0v) is 12.9. The lowest BCUT2D eigenvalue weighted by Gasteiger charge is -2.19. The third kappa shape index (κ3) is 2.65. The highest BCUT2D eigenvalue weighted by atomic mass is 19.4. The Morgan fingerprint density at radius 2 is 1.72 bits per heavy atom. The number of H-pyrrole nitrogens is 1. The van der Waals surface area contributed by atoms with Crippen molar-refractivity contribution in [2.75, 3.05) is 0 Å². The molecule has 1 aliphatic carbocycles. The van der Waals surface area contributed by atoms with E-state index in [4.69, 9.17) is 4.42 Å². The number of hydrogen-bond donors (Lipinski definition) is 1. The first-order chi connectivity index (χ1) is 11.9. The van der Waals surface area contributed by atoms with Crippen molar-refractivity contribution in [2.24, 2.45) is 0 Å². The topological polar surface area (TPSA) is 58.9 Å². The fraction of sp³-hybridized carbons (Fsp3) is 0.222. The summed E-state index contributed by atoms with van der Waals surface area (Å²) in [5.41, 5.74) is 0.163. The number of oxazole rings is 1. The number of benzene rings is 1. The largest absolute Gasteiger partial charge is 0.444 e. The van der Waals surface area contributed by atoms with E-state index in [1.54, 1.807) is 18.2 Å². The minimum absolute atomic E-state index is 0.135. The second kappa shape index (κ2) is 5.34. The number of aromatic nitrogens is 2. The van der Waals surface area contributed by atoms with E-state index in [-0.39, 0.29) is 24.0 Å². The van der Waals surface area contributed by atoms with E-state index >= 15 is 0 Å². The lowest BCUT2D eigenvalue weighted by Crippen LogP contribution is -2.28. The van der Waals surface area contributed by atoms with Crippen molar-refractivity contribution in [1.82, 2.24) is 9.97 Å². The van der Waals surface area contributed by atoms with Gasteiger partial charge in [-0.15, -0.1) is 0 Å². The van der Waals surface area contributed by atoms with Crippen molar-refractivity contribution in [1.29, 1.82) is 0 Å². The molecule has 0 unspecified atom stereocenters. The van der Waals surface area contributed by atoms with E-state index in [0.717, 1.165) is 0 Å². The van der Waals surface area contributed by atoms with E-state index in [2.05, 4.69) is 9.97 Å². The Kier molecular flexibility index (Phi) is 3.35. The van der Waals surface area contributed by atoms with E-state index in [9.17, 15) is 18.0 Å². The van der Waals surface area contributed by atoms with Crippen LogP contribution in [0.1, 0.15) is 18.4 Å². The van der Waals surface area contributed by atoms with E-state index in [0.29, 0.717) is 22.7 Å². The Hall–Kier alpha value is -2.83. The second-order valence-corrected chi connectivity index (χ2v) is 6.14. The molecule has 1 aliphatic rings. The van der Waals surface area contributed by atoms with Crippen LogP contribution in [0.4, 0.5) is 13.2 Å². The summed E-state index contributed by atoms with van der Waals surface area (Å²) in [5.74, 6) is 0.323. The molecule has 2 aromatic heterocycles. The van der Waals surface area contributed by atoms with Gasteiger partial charge in [-0.3, -0.25) is 4.79 Å². The lowest BCUT2D eigenvalue weighted by molar-refractivity contribution is -0.160. The third-order valence-electron chi connectivity index (χ3n) is 4.56. The monoisotopic (exact) mass is 346 g/mol. The maximum Gasteiger partial charge on any atom is 0.398 e. The lowest BCUT2D eigenvalue weighted by atomic mass is 9.94. The number of nitrogens with zero attached hydrogens (tertiary/aromatic N) is 1. The number of aromatic amines is 1. The van der Waals surface area contributed by atoms with Crippen LogP contribution in [0.2, 0.25) is 0 Å². The van der Waals surface area contributed by atoms with Gasteiger partial charge in [-0.2, -0.15) is 13.2 Å². The van der Waals surface area contributed by atoms with Crippen LogP contribution in [0.5, 0.6) is 0 Å². The maximum absolute atomic E-state index is 13.2. The van der Waals surface area contributed by atoms with Crippen molar-refractivity contribution in [3.63, 3.8) is 0 Å². The first-order valence-electron chi connectivity index (χ1n) is 7.71. The summed E-state index contributed by atoms with van der Waals surface area (Å²) < 4.78 is 44.9. The Morgan fingerprint density at radius 1 is 1.04 bits per heavy atom. The molecule has 1 aromatic carbocycles. The van der Waals surface area contributed by atoms with Crippen LogP contribution in [0.25, 0.3) is 22.7 Å². The normalized spacial score (nSPS) is 16.0. The molecule has 0 saturated heterocycles. The van der Waals surface area contributed by atoms with Gasteiger partial charge < -0.3 is 9.40 Å². The molecule has 0 bridgehead atoms. The molecule has 128 valence electrons. The Bertz CT molecular complexity index is 946.